The van der Waals surface area contributed by atoms with Gasteiger partial charge in [-0.25, -0.2) is 0 Å². The number of methoxy groups -OCH3 is 1. The molecular formula is C9H6BrIOS. The van der Waals surface area contributed by atoms with Crippen molar-refractivity contribution >= 4 is 59.9 Å². The van der Waals surface area contributed by atoms with E-state index in [9.17, 15) is 0 Å². The van der Waals surface area contributed by atoms with Gasteiger partial charge in [0.1, 0.15) is 5.75 Å². The van der Waals surface area contributed by atoms with Crippen molar-refractivity contribution in [2.75, 3.05) is 7.11 Å². The van der Waals surface area contributed by atoms with Crippen molar-refractivity contribution in [1.82, 2.24) is 0 Å². The van der Waals surface area contributed by atoms with E-state index in [2.05, 4.69) is 50.7 Å². The molecule has 0 N–H and O–H groups in total. The summed E-state index contributed by atoms with van der Waals surface area (Å²) in [5, 5.41) is 1.26. The Kier molecular flexibility index (Phi) is 2.80. The van der Waals surface area contributed by atoms with Gasteiger partial charge in [0.15, 0.2) is 0 Å². The molecule has 0 spiro atoms. The summed E-state index contributed by atoms with van der Waals surface area (Å²) >= 11 is 7.66. The van der Waals surface area contributed by atoms with Crippen LogP contribution in [0, 0.1) is 2.88 Å². The summed E-state index contributed by atoms with van der Waals surface area (Å²) in [4.78, 5) is 0. The minimum atomic E-state index is 0.914. The van der Waals surface area contributed by atoms with Crippen molar-refractivity contribution in [3.63, 3.8) is 0 Å². The van der Waals surface area contributed by atoms with Gasteiger partial charge >= 0.3 is 0 Å². The Morgan fingerprint density at radius 1 is 1.46 bits per heavy atom. The molecule has 1 aromatic carbocycles. The highest BCUT2D eigenvalue weighted by atomic mass is 127. The molecule has 0 radical (unpaired) electrons. The molecule has 1 aromatic heterocycles. The number of thiophene rings is 1. The molecule has 0 saturated heterocycles. The van der Waals surface area contributed by atoms with E-state index >= 15 is 0 Å². The topological polar surface area (TPSA) is 9.23 Å². The zero-order valence-electron chi connectivity index (χ0n) is 6.80. The second kappa shape index (κ2) is 3.74. The van der Waals surface area contributed by atoms with Crippen LogP contribution in [0.2, 0.25) is 0 Å². The zero-order chi connectivity index (χ0) is 9.42. The number of halogens is 2. The van der Waals surface area contributed by atoms with Gasteiger partial charge in [-0.3, -0.25) is 0 Å². The van der Waals surface area contributed by atoms with Gasteiger partial charge in [0.2, 0.25) is 0 Å². The van der Waals surface area contributed by atoms with Crippen molar-refractivity contribution in [2.24, 2.45) is 0 Å². The van der Waals surface area contributed by atoms with Crippen LogP contribution in [0.15, 0.2) is 22.7 Å². The summed E-state index contributed by atoms with van der Waals surface area (Å²) in [5.74, 6) is 0.914. The first-order valence-corrected chi connectivity index (χ1v) is 6.32. The van der Waals surface area contributed by atoms with E-state index in [1.54, 1.807) is 18.4 Å². The van der Waals surface area contributed by atoms with Gasteiger partial charge in [-0.2, -0.15) is 0 Å². The van der Waals surface area contributed by atoms with Crippen LogP contribution in [0.4, 0.5) is 0 Å². The number of hydrogen-bond acceptors (Lipinski definition) is 2. The molecule has 0 bridgehead atoms. The molecule has 1 nitrogen and oxygen atoms in total. The molecule has 0 fully saturated rings. The fourth-order valence-electron chi connectivity index (χ4n) is 1.14. The summed E-state index contributed by atoms with van der Waals surface area (Å²) in [5.41, 5.74) is 0. The highest BCUT2D eigenvalue weighted by Gasteiger charge is 2.07. The van der Waals surface area contributed by atoms with Crippen LogP contribution in [0.3, 0.4) is 0 Å². The normalized spacial score (nSPS) is 10.7. The van der Waals surface area contributed by atoms with Crippen LogP contribution >= 0.6 is 49.9 Å². The van der Waals surface area contributed by atoms with Crippen LogP contribution in [0.1, 0.15) is 0 Å². The average Bonchev–Trinajstić information content (AvgIpc) is 2.42. The predicted octanol–water partition coefficient (Wildman–Crippen LogP) is 4.28. The molecule has 1 heterocycles. The van der Waals surface area contributed by atoms with Crippen LogP contribution in [-0.2, 0) is 0 Å². The fraction of sp³-hybridized carbons (Fsp3) is 0.111. The molecule has 68 valence electrons. The third-order valence-corrected chi connectivity index (χ3v) is 5.77. The molecule has 13 heavy (non-hydrogen) atoms. The summed E-state index contributed by atoms with van der Waals surface area (Å²) in [6.45, 7) is 0. The average molecular weight is 369 g/mol. The maximum absolute atomic E-state index is 5.16. The smallest absolute Gasteiger partial charge is 0.120 e. The maximum atomic E-state index is 5.16. The highest BCUT2D eigenvalue weighted by Crippen LogP contribution is 2.37. The standard InChI is InChI=1S/C9H6BrIOS/c1-12-5-2-3-6-7(4-5)13-9(11)8(6)10/h2-4H,1H3. The molecule has 0 atom stereocenters. The van der Waals surface area contributed by atoms with Crippen molar-refractivity contribution in [1.29, 1.82) is 0 Å². The third-order valence-electron chi connectivity index (χ3n) is 1.80. The molecule has 0 amide bonds. The SMILES string of the molecule is COc1ccc2c(Br)c(I)sc2c1. The van der Waals surface area contributed by atoms with Gasteiger partial charge in [-0.1, -0.05) is 0 Å². The highest BCUT2D eigenvalue weighted by molar-refractivity contribution is 14.1. The van der Waals surface area contributed by atoms with Gasteiger partial charge in [0.25, 0.3) is 0 Å². The number of rotatable bonds is 1. The molecule has 0 aliphatic carbocycles. The fourth-order valence-corrected chi connectivity index (χ4v) is 3.71. The lowest BCUT2D eigenvalue weighted by atomic mass is 10.2. The largest absolute Gasteiger partial charge is 0.497 e. The molecule has 4 heteroatoms. The van der Waals surface area contributed by atoms with Gasteiger partial charge < -0.3 is 4.74 Å². The van der Waals surface area contributed by atoms with Crippen molar-refractivity contribution in [3.8, 4) is 5.75 Å². The third kappa shape index (κ3) is 1.71. The molecule has 0 aliphatic heterocycles. The van der Waals surface area contributed by atoms with Crippen molar-refractivity contribution in [3.05, 3.63) is 25.6 Å². The summed E-state index contributed by atoms with van der Waals surface area (Å²) in [6.07, 6.45) is 0. The van der Waals surface area contributed by atoms with Crippen LogP contribution in [0.25, 0.3) is 10.1 Å². The minimum Gasteiger partial charge on any atom is -0.497 e. The van der Waals surface area contributed by atoms with Crippen LogP contribution < -0.4 is 4.74 Å². The van der Waals surface area contributed by atoms with Crippen molar-refractivity contribution < 1.29 is 4.74 Å². The van der Waals surface area contributed by atoms with E-state index in [-0.39, 0.29) is 0 Å². The van der Waals surface area contributed by atoms with Crippen LogP contribution in [0.5, 0.6) is 5.75 Å². The number of benzene rings is 1. The van der Waals surface area contributed by atoms with E-state index in [1.165, 1.54) is 17.4 Å². The molecule has 2 aromatic rings. The minimum absolute atomic E-state index is 0.914. The first kappa shape index (κ1) is 9.73. The first-order valence-electron chi connectivity index (χ1n) is 3.64. The van der Waals surface area contributed by atoms with E-state index in [0.29, 0.717) is 0 Å². The predicted molar refractivity (Wildman–Crippen MR) is 68.8 cm³/mol. The van der Waals surface area contributed by atoms with E-state index in [0.717, 1.165) is 5.75 Å². The van der Waals surface area contributed by atoms with Crippen LogP contribution in [-0.4, -0.2) is 7.11 Å². The summed E-state index contributed by atoms with van der Waals surface area (Å²) < 4.78 is 8.89. The number of hydrogen-bond donors (Lipinski definition) is 0. The van der Waals surface area contributed by atoms with Gasteiger partial charge in [-0.05, 0) is 56.7 Å². The Labute approximate surface area is 102 Å². The Balaban J connectivity index is 2.73. The maximum Gasteiger partial charge on any atom is 0.120 e. The number of fused-ring (bicyclic) bond motifs is 1. The molecule has 0 unspecified atom stereocenters. The van der Waals surface area contributed by atoms with Gasteiger partial charge in [0.05, 0.1) is 9.99 Å². The Morgan fingerprint density at radius 3 is 2.92 bits per heavy atom. The lowest BCUT2D eigenvalue weighted by Crippen LogP contribution is -1.79. The lowest BCUT2D eigenvalue weighted by molar-refractivity contribution is 0.415. The van der Waals surface area contributed by atoms with E-state index in [4.69, 9.17) is 4.74 Å². The first-order chi connectivity index (χ1) is 6.22. The van der Waals surface area contributed by atoms with Crippen molar-refractivity contribution in [2.45, 2.75) is 0 Å². The molecule has 0 aliphatic rings. The number of ether oxygens (including phenoxy) is 1. The lowest BCUT2D eigenvalue weighted by Gasteiger charge is -1.97. The Bertz CT molecular complexity index is 452. The van der Waals surface area contributed by atoms with E-state index < -0.39 is 0 Å². The Hall–Kier alpha value is 0.190. The summed E-state index contributed by atoms with van der Waals surface area (Å²) in [7, 11) is 1.69. The zero-order valence-corrected chi connectivity index (χ0v) is 11.4. The van der Waals surface area contributed by atoms with E-state index in [1.807, 2.05) is 6.07 Å². The Morgan fingerprint density at radius 2 is 2.23 bits per heavy atom. The quantitative estimate of drug-likeness (QED) is 0.683. The molecule has 2 rings (SSSR count). The van der Waals surface area contributed by atoms with Gasteiger partial charge in [0, 0.05) is 14.6 Å². The second-order valence-electron chi connectivity index (χ2n) is 2.55. The monoisotopic (exact) mass is 368 g/mol. The second-order valence-corrected chi connectivity index (χ2v) is 6.21. The van der Waals surface area contributed by atoms with Gasteiger partial charge in [-0.15, -0.1) is 11.3 Å². The summed E-state index contributed by atoms with van der Waals surface area (Å²) in [6, 6.07) is 6.12. The molecular weight excluding hydrogens is 363 g/mol. The molecule has 0 saturated carbocycles.